The number of ether oxygens (including phenoxy) is 2. The van der Waals surface area contributed by atoms with Gasteiger partial charge in [-0.05, 0) is 24.9 Å². The van der Waals surface area contributed by atoms with Gasteiger partial charge < -0.3 is 14.8 Å². The van der Waals surface area contributed by atoms with Gasteiger partial charge in [0.05, 0.1) is 6.67 Å². The van der Waals surface area contributed by atoms with Crippen LogP contribution in [0.15, 0.2) is 43.0 Å². The number of unbranched alkanes of at least 4 members (excludes halogenated alkanes) is 1. The molecule has 0 spiro atoms. The Hall–Kier alpha value is -2.05. The number of rotatable bonds is 11. The molecule has 0 heterocycles. The minimum atomic E-state index is -0.464. The lowest BCUT2D eigenvalue weighted by molar-refractivity contribution is -0.142. The summed E-state index contributed by atoms with van der Waals surface area (Å²) in [5, 5.41) is 5.66. The quantitative estimate of drug-likeness (QED) is 0.276. The molecule has 6 nitrogen and oxygen atoms in total. The molecular formula is C17H25ClN2O4. The third kappa shape index (κ3) is 11.5. The van der Waals surface area contributed by atoms with E-state index in [2.05, 4.69) is 17.2 Å². The van der Waals surface area contributed by atoms with Gasteiger partial charge in [0, 0.05) is 6.42 Å². The fraction of sp³-hybridized carbons (Fsp3) is 0.412. The molecule has 0 bridgehead atoms. The summed E-state index contributed by atoms with van der Waals surface area (Å²) in [6.45, 7) is 5.01. The average Bonchev–Trinajstić information content (AvgIpc) is 2.58. The van der Waals surface area contributed by atoms with Crippen molar-refractivity contribution in [3.05, 3.63) is 48.6 Å². The first-order valence-corrected chi connectivity index (χ1v) is 7.64. The molecule has 1 rings (SSSR count). The summed E-state index contributed by atoms with van der Waals surface area (Å²) in [6, 6.07) is 9.49. The Balaban J connectivity index is 0.00000529. The third-order valence-electron chi connectivity index (χ3n) is 2.92. The number of hydrogen-bond donors (Lipinski definition) is 2. The fourth-order valence-electron chi connectivity index (χ4n) is 1.74. The van der Waals surface area contributed by atoms with Crippen LogP contribution in [0.4, 0.5) is 4.79 Å². The summed E-state index contributed by atoms with van der Waals surface area (Å²) in [7, 11) is 0. The first-order valence-electron chi connectivity index (χ1n) is 7.64. The van der Waals surface area contributed by atoms with Crippen molar-refractivity contribution in [2.75, 3.05) is 19.8 Å². The molecule has 0 saturated carbocycles. The second-order valence-corrected chi connectivity index (χ2v) is 4.84. The van der Waals surface area contributed by atoms with Gasteiger partial charge in [-0.25, -0.2) is 4.79 Å². The van der Waals surface area contributed by atoms with Gasteiger partial charge >= 0.3 is 12.1 Å². The van der Waals surface area contributed by atoms with Gasteiger partial charge in [-0.2, -0.15) is 0 Å². The van der Waals surface area contributed by atoms with E-state index in [1.165, 1.54) is 0 Å². The maximum absolute atomic E-state index is 11.5. The molecule has 0 aliphatic carbocycles. The second kappa shape index (κ2) is 14.5. The Labute approximate surface area is 149 Å². The summed E-state index contributed by atoms with van der Waals surface area (Å²) in [5.74, 6) is -0.215. The summed E-state index contributed by atoms with van der Waals surface area (Å²) in [6.07, 6.45) is 3.03. The lowest BCUT2D eigenvalue weighted by atomic mass is 10.2. The van der Waals surface area contributed by atoms with Crippen molar-refractivity contribution >= 4 is 24.5 Å². The summed E-state index contributed by atoms with van der Waals surface area (Å²) in [4.78, 5) is 22.7. The Morgan fingerprint density at radius 3 is 2.58 bits per heavy atom. The predicted molar refractivity (Wildman–Crippen MR) is 94.9 cm³/mol. The minimum absolute atomic E-state index is 0. The molecule has 0 aliphatic heterocycles. The van der Waals surface area contributed by atoms with Crippen molar-refractivity contribution in [3.63, 3.8) is 0 Å². The number of amides is 1. The van der Waals surface area contributed by atoms with Crippen LogP contribution in [-0.2, 0) is 20.9 Å². The van der Waals surface area contributed by atoms with Gasteiger partial charge in [0.25, 0.3) is 0 Å². The molecule has 1 aromatic carbocycles. The highest BCUT2D eigenvalue weighted by Crippen LogP contribution is 2.00. The molecule has 24 heavy (non-hydrogen) atoms. The molecule has 134 valence electrons. The van der Waals surface area contributed by atoms with E-state index in [0.29, 0.717) is 19.6 Å². The van der Waals surface area contributed by atoms with Crippen LogP contribution in [0.3, 0.4) is 0 Å². The molecule has 0 fully saturated rings. The molecule has 0 aliphatic rings. The van der Waals surface area contributed by atoms with E-state index < -0.39 is 6.09 Å². The largest absolute Gasteiger partial charge is 0.461 e. The zero-order chi connectivity index (χ0) is 16.8. The van der Waals surface area contributed by atoms with Crippen LogP contribution in [0.2, 0.25) is 0 Å². The molecule has 0 aromatic heterocycles. The fourth-order valence-corrected chi connectivity index (χ4v) is 1.74. The Morgan fingerprint density at radius 1 is 1.12 bits per heavy atom. The zero-order valence-corrected chi connectivity index (χ0v) is 14.5. The summed E-state index contributed by atoms with van der Waals surface area (Å²) in [5.41, 5.74) is 0.943. The number of alkyl carbamates (subject to hydrolysis) is 1. The van der Waals surface area contributed by atoms with Crippen LogP contribution in [0.5, 0.6) is 0 Å². The molecule has 1 aromatic rings. The van der Waals surface area contributed by atoms with Crippen molar-refractivity contribution < 1.29 is 19.1 Å². The predicted octanol–water partition coefficient (Wildman–Crippen LogP) is 2.78. The summed E-state index contributed by atoms with van der Waals surface area (Å²) < 4.78 is 9.93. The van der Waals surface area contributed by atoms with E-state index in [1.807, 2.05) is 30.3 Å². The average molecular weight is 357 g/mol. The lowest BCUT2D eigenvalue weighted by Crippen LogP contribution is -2.34. The van der Waals surface area contributed by atoms with Gasteiger partial charge in [0.2, 0.25) is 0 Å². The molecule has 0 unspecified atom stereocenters. The van der Waals surface area contributed by atoms with Crippen LogP contribution in [0.1, 0.15) is 24.8 Å². The number of carbonyl (C=O) groups is 2. The molecular weight excluding hydrogens is 332 g/mol. The Morgan fingerprint density at radius 2 is 1.88 bits per heavy atom. The van der Waals surface area contributed by atoms with Gasteiger partial charge in [-0.15, -0.1) is 12.4 Å². The number of nitrogens with one attached hydrogen (secondary N) is 2. The van der Waals surface area contributed by atoms with E-state index in [1.54, 1.807) is 6.08 Å². The number of hydrogen-bond acceptors (Lipinski definition) is 5. The molecule has 7 heteroatoms. The van der Waals surface area contributed by atoms with E-state index in [0.717, 1.165) is 18.4 Å². The van der Waals surface area contributed by atoms with Gasteiger partial charge in [-0.1, -0.05) is 43.0 Å². The van der Waals surface area contributed by atoms with Crippen molar-refractivity contribution in [3.8, 4) is 0 Å². The van der Waals surface area contributed by atoms with Crippen molar-refractivity contribution in [1.29, 1.82) is 0 Å². The van der Waals surface area contributed by atoms with Gasteiger partial charge in [-0.3, -0.25) is 10.1 Å². The molecule has 1 amide bonds. The van der Waals surface area contributed by atoms with Crippen molar-refractivity contribution in [2.45, 2.75) is 25.9 Å². The first kappa shape index (κ1) is 21.9. The third-order valence-corrected chi connectivity index (χ3v) is 2.92. The SMILES string of the molecule is C=CCOC(=O)CCCCNCNC(=O)OCc1ccccc1.Cl. The first-order chi connectivity index (χ1) is 11.2. The van der Waals surface area contributed by atoms with E-state index in [4.69, 9.17) is 9.47 Å². The van der Waals surface area contributed by atoms with E-state index >= 15 is 0 Å². The maximum atomic E-state index is 11.5. The van der Waals surface area contributed by atoms with Crippen LogP contribution in [-0.4, -0.2) is 31.9 Å². The van der Waals surface area contributed by atoms with Crippen molar-refractivity contribution in [1.82, 2.24) is 10.6 Å². The highest BCUT2D eigenvalue weighted by Gasteiger charge is 2.02. The topological polar surface area (TPSA) is 76.7 Å². The molecule has 0 atom stereocenters. The van der Waals surface area contributed by atoms with Gasteiger partial charge in [0.15, 0.2) is 0 Å². The Bertz CT molecular complexity index is 483. The lowest BCUT2D eigenvalue weighted by Gasteiger charge is -2.08. The van der Waals surface area contributed by atoms with Crippen molar-refractivity contribution in [2.24, 2.45) is 0 Å². The number of carbonyl (C=O) groups excluding carboxylic acids is 2. The Kier molecular flexibility index (Phi) is 13.3. The number of benzene rings is 1. The van der Waals surface area contributed by atoms with Gasteiger partial charge in [0.1, 0.15) is 13.2 Å². The minimum Gasteiger partial charge on any atom is -0.461 e. The zero-order valence-electron chi connectivity index (χ0n) is 13.7. The standard InChI is InChI=1S/C17H24N2O4.ClH/c1-2-12-22-16(20)10-6-7-11-18-14-19-17(21)23-13-15-8-4-3-5-9-15;/h2-5,8-9,18H,1,6-7,10-14H2,(H,19,21);1H. The van der Waals surface area contributed by atoms with E-state index in [9.17, 15) is 9.59 Å². The highest BCUT2D eigenvalue weighted by atomic mass is 35.5. The normalized spacial score (nSPS) is 9.50. The van der Waals surface area contributed by atoms with Crippen LogP contribution in [0.25, 0.3) is 0 Å². The van der Waals surface area contributed by atoms with Crippen LogP contribution >= 0.6 is 12.4 Å². The molecule has 0 radical (unpaired) electrons. The monoisotopic (exact) mass is 356 g/mol. The second-order valence-electron chi connectivity index (χ2n) is 4.84. The molecule has 2 N–H and O–H groups in total. The molecule has 0 saturated heterocycles. The van der Waals surface area contributed by atoms with Crippen LogP contribution < -0.4 is 10.6 Å². The van der Waals surface area contributed by atoms with Crippen LogP contribution in [0, 0.1) is 0 Å². The highest BCUT2D eigenvalue weighted by molar-refractivity contribution is 5.85. The maximum Gasteiger partial charge on any atom is 0.408 e. The smallest absolute Gasteiger partial charge is 0.408 e. The number of esters is 1. The number of halogens is 1. The summed E-state index contributed by atoms with van der Waals surface area (Å²) >= 11 is 0. The van der Waals surface area contributed by atoms with E-state index in [-0.39, 0.29) is 31.6 Å².